The summed E-state index contributed by atoms with van der Waals surface area (Å²) in [6.07, 6.45) is 3.42. The van der Waals surface area contributed by atoms with Crippen LogP contribution in [-0.2, 0) is 11.0 Å². The number of rotatable bonds is 4. The number of hydrogen-bond acceptors (Lipinski definition) is 2. The van der Waals surface area contributed by atoms with Crippen LogP contribution >= 0.6 is 0 Å². The third kappa shape index (κ3) is 3.42. The SMILES string of the molecule is CC(C)[C@@H](NS(=O)C(C)(C)C)c1cnc[nH]1. The molecule has 0 aliphatic heterocycles. The first-order valence-corrected chi connectivity index (χ1v) is 6.63. The van der Waals surface area contributed by atoms with Crippen molar-refractivity contribution in [2.75, 3.05) is 0 Å². The van der Waals surface area contributed by atoms with E-state index in [1.54, 1.807) is 12.5 Å². The second kappa shape index (κ2) is 5.10. The van der Waals surface area contributed by atoms with Gasteiger partial charge in [0.15, 0.2) is 0 Å². The van der Waals surface area contributed by atoms with Gasteiger partial charge in [0.05, 0.1) is 33.8 Å². The predicted molar refractivity (Wildman–Crippen MR) is 67.2 cm³/mol. The fraction of sp³-hybridized carbons (Fsp3) is 0.727. The van der Waals surface area contributed by atoms with Gasteiger partial charge in [0, 0.05) is 6.20 Å². The molecule has 0 aromatic carbocycles. The van der Waals surface area contributed by atoms with Crippen LogP contribution in [0.2, 0.25) is 0 Å². The van der Waals surface area contributed by atoms with Gasteiger partial charge in [-0.25, -0.2) is 13.9 Å². The van der Waals surface area contributed by atoms with E-state index in [1.807, 2.05) is 20.8 Å². The van der Waals surface area contributed by atoms with Crippen LogP contribution in [0.15, 0.2) is 12.5 Å². The van der Waals surface area contributed by atoms with Crippen LogP contribution in [0.5, 0.6) is 0 Å². The van der Waals surface area contributed by atoms with Gasteiger partial charge in [-0.2, -0.15) is 0 Å². The minimum Gasteiger partial charge on any atom is -0.347 e. The molecule has 4 nitrogen and oxygen atoms in total. The lowest BCUT2D eigenvalue weighted by Gasteiger charge is -2.25. The molecule has 0 bridgehead atoms. The summed E-state index contributed by atoms with van der Waals surface area (Å²) in [6.45, 7) is 10.1. The average Bonchev–Trinajstić information content (AvgIpc) is 2.63. The topological polar surface area (TPSA) is 57.8 Å². The highest BCUT2D eigenvalue weighted by Gasteiger charge is 2.25. The Kier molecular flexibility index (Phi) is 4.27. The molecule has 0 radical (unpaired) electrons. The molecule has 1 heterocycles. The summed E-state index contributed by atoms with van der Waals surface area (Å²) in [7, 11) is -1.07. The fourth-order valence-electron chi connectivity index (χ4n) is 1.29. The summed E-state index contributed by atoms with van der Waals surface area (Å²) in [5, 5.41) is 0. The first-order chi connectivity index (χ1) is 7.32. The molecule has 0 spiro atoms. The first kappa shape index (κ1) is 13.4. The standard InChI is InChI=1S/C11H21N3OS/c1-8(2)10(9-6-12-7-13-9)14-16(15)11(3,4)5/h6-8,10,14H,1-5H3,(H,12,13)/t10-,16?/m1/s1. The molecule has 0 fully saturated rings. The van der Waals surface area contributed by atoms with Gasteiger partial charge >= 0.3 is 0 Å². The zero-order valence-electron chi connectivity index (χ0n) is 10.6. The Bertz CT molecular complexity index is 341. The molecule has 0 saturated carbocycles. The Hall–Kier alpha value is -0.680. The monoisotopic (exact) mass is 243 g/mol. The van der Waals surface area contributed by atoms with Crippen LogP contribution in [0, 0.1) is 5.92 Å². The van der Waals surface area contributed by atoms with Crippen molar-refractivity contribution in [2.45, 2.75) is 45.4 Å². The van der Waals surface area contributed by atoms with Crippen molar-refractivity contribution in [2.24, 2.45) is 5.92 Å². The zero-order chi connectivity index (χ0) is 12.3. The van der Waals surface area contributed by atoms with Gasteiger partial charge in [0.2, 0.25) is 0 Å². The molecule has 1 aromatic heterocycles. The molecule has 1 aromatic rings. The Morgan fingerprint density at radius 2 is 2.06 bits per heavy atom. The lowest BCUT2D eigenvalue weighted by Crippen LogP contribution is -2.37. The summed E-state index contributed by atoms with van der Waals surface area (Å²) in [5.74, 6) is 0.353. The summed E-state index contributed by atoms with van der Waals surface area (Å²) in [5.41, 5.74) is 0.979. The zero-order valence-corrected chi connectivity index (χ0v) is 11.4. The number of imidazole rings is 1. The molecule has 0 aliphatic rings. The molecule has 5 heteroatoms. The fourth-order valence-corrected chi connectivity index (χ4v) is 2.27. The number of hydrogen-bond donors (Lipinski definition) is 2. The Morgan fingerprint density at radius 1 is 1.44 bits per heavy atom. The van der Waals surface area contributed by atoms with Crippen molar-refractivity contribution in [3.8, 4) is 0 Å². The summed E-state index contributed by atoms with van der Waals surface area (Å²) in [4.78, 5) is 7.07. The molecule has 0 aliphatic carbocycles. The molecule has 1 unspecified atom stereocenters. The van der Waals surface area contributed by atoms with Crippen LogP contribution in [0.25, 0.3) is 0 Å². The van der Waals surface area contributed by atoms with Crippen LogP contribution in [0.4, 0.5) is 0 Å². The molecular formula is C11H21N3OS. The molecule has 16 heavy (non-hydrogen) atoms. The van der Waals surface area contributed by atoms with E-state index in [0.717, 1.165) is 5.69 Å². The normalized spacial score (nSPS) is 16.4. The highest BCUT2D eigenvalue weighted by molar-refractivity contribution is 7.84. The number of aromatic nitrogens is 2. The summed E-state index contributed by atoms with van der Waals surface area (Å²) < 4.78 is 14.9. The van der Waals surface area contributed by atoms with Crippen molar-refractivity contribution in [1.29, 1.82) is 0 Å². The van der Waals surface area contributed by atoms with Crippen LogP contribution < -0.4 is 4.72 Å². The lowest BCUT2D eigenvalue weighted by atomic mass is 10.0. The second-order valence-electron chi connectivity index (χ2n) is 5.23. The van der Waals surface area contributed by atoms with E-state index in [9.17, 15) is 4.21 Å². The van der Waals surface area contributed by atoms with Gasteiger partial charge in [-0.1, -0.05) is 13.8 Å². The smallest absolute Gasteiger partial charge is 0.0976 e. The number of nitrogens with zero attached hydrogens (tertiary/aromatic N) is 1. The Morgan fingerprint density at radius 3 is 2.44 bits per heavy atom. The van der Waals surface area contributed by atoms with Gasteiger partial charge in [0.1, 0.15) is 0 Å². The van der Waals surface area contributed by atoms with Crippen molar-refractivity contribution in [3.63, 3.8) is 0 Å². The highest BCUT2D eigenvalue weighted by atomic mass is 32.2. The summed E-state index contributed by atoms with van der Waals surface area (Å²) in [6, 6.07) is 0.0440. The first-order valence-electron chi connectivity index (χ1n) is 5.48. The third-order valence-electron chi connectivity index (χ3n) is 2.31. The van der Waals surface area contributed by atoms with Gasteiger partial charge in [-0.15, -0.1) is 0 Å². The minimum atomic E-state index is -1.07. The van der Waals surface area contributed by atoms with Crippen LogP contribution in [-0.4, -0.2) is 18.9 Å². The number of aromatic amines is 1. The molecular weight excluding hydrogens is 222 g/mol. The molecule has 0 saturated heterocycles. The average molecular weight is 243 g/mol. The van der Waals surface area contributed by atoms with E-state index in [2.05, 4.69) is 28.5 Å². The number of H-pyrrole nitrogens is 1. The summed E-state index contributed by atoms with van der Waals surface area (Å²) >= 11 is 0. The van der Waals surface area contributed by atoms with Gasteiger partial charge < -0.3 is 4.98 Å². The Balaban J connectivity index is 2.78. The van der Waals surface area contributed by atoms with E-state index < -0.39 is 11.0 Å². The molecule has 1 rings (SSSR count). The van der Waals surface area contributed by atoms with E-state index in [0.29, 0.717) is 5.92 Å². The maximum atomic E-state index is 12.0. The van der Waals surface area contributed by atoms with Crippen molar-refractivity contribution < 1.29 is 4.21 Å². The number of nitrogens with one attached hydrogen (secondary N) is 2. The maximum Gasteiger partial charge on any atom is 0.0976 e. The van der Waals surface area contributed by atoms with E-state index in [1.165, 1.54) is 0 Å². The van der Waals surface area contributed by atoms with Crippen LogP contribution in [0.1, 0.15) is 46.4 Å². The quantitative estimate of drug-likeness (QED) is 0.851. The highest BCUT2D eigenvalue weighted by Crippen LogP contribution is 2.22. The van der Waals surface area contributed by atoms with E-state index in [4.69, 9.17) is 0 Å². The molecule has 2 atom stereocenters. The van der Waals surface area contributed by atoms with Gasteiger partial charge in [0.25, 0.3) is 0 Å². The van der Waals surface area contributed by atoms with E-state index in [-0.39, 0.29) is 10.8 Å². The van der Waals surface area contributed by atoms with E-state index >= 15 is 0 Å². The minimum absolute atomic E-state index is 0.0440. The molecule has 92 valence electrons. The third-order valence-corrected chi connectivity index (χ3v) is 3.89. The Labute approximate surface area is 99.8 Å². The molecule has 2 N–H and O–H groups in total. The second-order valence-corrected chi connectivity index (χ2v) is 7.23. The lowest BCUT2D eigenvalue weighted by molar-refractivity contribution is 0.465. The van der Waals surface area contributed by atoms with Crippen molar-refractivity contribution in [1.82, 2.24) is 14.7 Å². The van der Waals surface area contributed by atoms with Gasteiger partial charge in [-0.3, -0.25) is 0 Å². The van der Waals surface area contributed by atoms with Crippen LogP contribution in [0.3, 0.4) is 0 Å². The largest absolute Gasteiger partial charge is 0.347 e. The molecule has 0 amide bonds. The van der Waals surface area contributed by atoms with Crippen molar-refractivity contribution >= 4 is 11.0 Å². The van der Waals surface area contributed by atoms with Gasteiger partial charge in [-0.05, 0) is 26.7 Å². The predicted octanol–water partition coefficient (Wildman–Crippen LogP) is 2.16. The van der Waals surface area contributed by atoms with Crippen molar-refractivity contribution in [3.05, 3.63) is 18.2 Å². The maximum absolute atomic E-state index is 12.0.